The molecule has 0 aliphatic heterocycles. The molecule has 0 spiro atoms. The van der Waals surface area contributed by atoms with Crippen LogP contribution in [-0.4, -0.2) is 31.4 Å². The lowest BCUT2D eigenvalue weighted by Gasteiger charge is -2.12. The molecule has 4 aromatic rings. The minimum absolute atomic E-state index is 0.0915. The van der Waals surface area contributed by atoms with Crippen LogP contribution < -0.4 is 14.2 Å². The highest BCUT2D eigenvalue weighted by Crippen LogP contribution is 2.35. The fourth-order valence-corrected chi connectivity index (χ4v) is 3.20. The Labute approximate surface area is 195 Å². The molecule has 0 atom stereocenters. The first kappa shape index (κ1) is 22.3. The van der Waals surface area contributed by atoms with Gasteiger partial charge in [-0.1, -0.05) is 11.6 Å². The summed E-state index contributed by atoms with van der Waals surface area (Å²) in [6.45, 7) is 0.583. The van der Waals surface area contributed by atoms with Crippen molar-refractivity contribution >= 4 is 34.3 Å². The van der Waals surface area contributed by atoms with E-state index < -0.39 is 0 Å². The van der Waals surface area contributed by atoms with Gasteiger partial charge >= 0.3 is 0 Å². The van der Waals surface area contributed by atoms with Crippen LogP contribution in [0.5, 0.6) is 23.0 Å². The number of oxazole rings is 1. The van der Waals surface area contributed by atoms with Crippen LogP contribution in [-0.2, 0) is 4.74 Å². The van der Waals surface area contributed by atoms with Crippen molar-refractivity contribution in [3.05, 3.63) is 65.7 Å². The molecule has 0 amide bonds. The summed E-state index contributed by atoms with van der Waals surface area (Å²) in [6.07, 6.45) is 0.735. The van der Waals surface area contributed by atoms with Crippen molar-refractivity contribution in [2.24, 2.45) is 0 Å². The minimum atomic E-state index is 0.0915. The van der Waals surface area contributed by atoms with E-state index in [-0.39, 0.29) is 6.79 Å². The Kier molecular flexibility index (Phi) is 7.37. The molecule has 1 heterocycles. The van der Waals surface area contributed by atoms with Gasteiger partial charge in [-0.05, 0) is 61.0 Å². The van der Waals surface area contributed by atoms with E-state index in [2.05, 4.69) is 4.98 Å². The van der Waals surface area contributed by atoms with Gasteiger partial charge in [-0.15, -0.1) is 11.6 Å². The second-order valence-corrected chi connectivity index (χ2v) is 7.62. The number of benzene rings is 3. The Balaban J connectivity index is 1.58. The standard InChI is InChI=1S/C24H21Cl2NO5/c1-28-15-30-23-13-16(3-10-21(23)29-12-2-11-25)24-27-20-9-8-19(14-22(20)32-24)31-18-6-4-17(26)5-7-18/h3-10,13-14H,2,11-12,15H2,1H3. The fraction of sp³-hybridized carbons (Fsp3) is 0.208. The molecule has 0 N–H and O–H groups in total. The van der Waals surface area contributed by atoms with E-state index in [0.717, 1.165) is 12.0 Å². The Morgan fingerprint density at radius 3 is 2.50 bits per heavy atom. The van der Waals surface area contributed by atoms with Crippen molar-refractivity contribution in [1.29, 1.82) is 0 Å². The molecule has 8 heteroatoms. The van der Waals surface area contributed by atoms with Gasteiger partial charge in [-0.3, -0.25) is 0 Å². The van der Waals surface area contributed by atoms with Crippen molar-refractivity contribution < 1.29 is 23.4 Å². The number of ether oxygens (including phenoxy) is 4. The third-order valence-corrected chi connectivity index (χ3v) is 4.99. The number of nitrogens with zero attached hydrogens (tertiary/aromatic N) is 1. The molecule has 6 nitrogen and oxygen atoms in total. The summed E-state index contributed by atoms with van der Waals surface area (Å²) in [5.74, 6) is 3.43. The molecule has 0 unspecified atom stereocenters. The van der Waals surface area contributed by atoms with Crippen LogP contribution >= 0.6 is 23.2 Å². The molecule has 0 saturated heterocycles. The van der Waals surface area contributed by atoms with E-state index in [9.17, 15) is 0 Å². The highest BCUT2D eigenvalue weighted by molar-refractivity contribution is 6.30. The first-order chi connectivity index (χ1) is 15.7. The van der Waals surface area contributed by atoms with Crippen molar-refractivity contribution in [2.75, 3.05) is 26.4 Å². The first-order valence-corrected chi connectivity index (χ1v) is 10.9. The third kappa shape index (κ3) is 5.46. The molecular weight excluding hydrogens is 453 g/mol. The number of hydrogen-bond acceptors (Lipinski definition) is 6. The zero-order valence-electron chi connectivity index (χ0n) is 17.3. The van der Waals surface area contributed by atoms with Crippen molar-refractivity contribution in [3.8, 4) is 34.5 Å². The zero-order chi connectivity index (χ0) is 22.3. The van der Waals surface area contributed by atoms with Crippen LogP contribution in [0.1, 0.15) is 6.42 Å². The maximum absolute atomic E-state index is 5.99. The van der Waals surface area contributed by atoms with Crippen LogP contribution in [0, 0.1) is 0 Å². The summed E-state index contributed by atoms with van der Waals surface area (Å²) in [6, 6.07) is 18.1. The second kappa shape index (κ2) is 10.6. The molecule has 0 radical (unpaired) electrons. The molecule has 0 aliphatic carbocycles. The fourth-order valence-electron chi connectivity index (χ4n) is 2.96. The average Bonchev–Trinajstić information content (AvgIpc) is 3.23. The van der Waals surface area contributed by atoms with Crippen molar-refractivity contribution in [2.45, 2.75) is 6.42 Å². The lowest BCUT2D eigenvalue weighted by atomic mass is 10.2. The van der Waals surface area contributed by atoms with Crippen LogP contribution in [0.4, 0.5) is 0 Å². The number of rotatable bonds is 10. The van der Waals surface area contributed by atoms with Crippen LogP contribution in [0.2, 0.25) is 5.02 Å². The molecular formula is C24H21Cl2NO5. The number of aromatic nitrogens is 1. The van der Waals surface area contributed by atoms with Gasteiger partial charge in [0.25, 0.3) is 0 Å². The van der Waals surface area contributed by atoms with Crippen LogP contribution in [0.15, 0.2) is 65.1 Å². The Morgan fingerprint density at radius 2 is 1.72 bits per heavy atom. The topological polar surface area (TPSA) is 63.0 Å². The number of halogens is 2. The van der Waals surface area contributed by atoms with E-state index in [4.69, 9.17) is 46.6 Å². The van der Waals surface area contributed by atoms with Crippen LogP contribution in [0.3, 0.4) is 0 Å². The predicted molar refractivity (Wildman–Crippen MR) is 124 cm³/mol. The van der Waals surface area contributed by atoms with Gasteiger partial charge in [0, 0.05) is 29.6 Å². The van der Waals surface area contributed by atoms with Gasteiger partial charge in [0.2, 0.25) is 5.89 Å². The molecule has 3 aromatic carbocycles. The zero-order valence-corrected chi connectivity index (χ0v) is 18.9. The van der Waals surface area contributed by atoms with Gasteiger partial charge in [0.1, 0.15) is 17.0 Å². The smallest absolute Gasteiger partial charge is 0.227 e. The highest BCUT2D eigenvalue weighted by Gasteiger charge is 2.14. The summed E-state index contributed by atoms with van der Waals surface area (Å²) < 4.78 is 28.3. The highest BCUT2D eigenvalue weighted by atomic mass is 35.5. The quantitative estimate of drug-likeness (QED) is 0.141. The van der Waals surface area contributed by atoms with E-state index in [0.29, 0.717) is 57.5 Å². The predicted octanol–water partition coefficient (Wildman–Crippen LogP) is 6.93. The van der Waals surface area contributed by atoms with Gasteiger partial charge in [-0.25, -0.2) is 4.98 Å². The second-order valence-electron chi connectivity index (χ2n) is 6.81. The normalized spacial score (nSPS) is 11.0. The van der Waals surface area contributed by atoms with Gasteiger partial charge in [-0.2, -0.15) is 0 Å². The molecule has 0 saturated carbocycles. The number of fused-ring (bicyclic) bond motifs is 1. The number of hydrogen-bond donors (Lipinski definition) is 0. The molecule has 0 fully saturated rings. The van der Waals surface area contributed by atoms with Gasteiger partial charge < -0.3 is 23.4 Å². The van der Waals surface area contributed by atoms with Crippen molar-refractivity contribution in [1.82, 2.24) is 4.98 Å². The SMILES string of the molecule is COCOc1cc(-c2nc3ccc(Oc4ccc(Cl)cc4)cc3o2)ccc1OCCCCl. The van der Waals surface area contributed by atoms with Crippen LogP contribution in [0.25, 0.3) is 22.6 Å². The Hall–Kier alpha value is -2.93. The summed E-state index contributed by atoms with van der Waals surface area (Å²) in [4.78, 5) is 4.58. The maximum Gasteiger partial charge on any atom is 0.227 e. The molecule has 166 valence electrons. The monoisotopic (exact) mass is 473 g/mol. The molecule has 32 heavy (non-hydrogen) atoms. The molecule has 1 aromatic heterocycles. The van der Waals surface area contributed by atoms with Gasteiger partial charge in [0.15, 0.2) is 23.9 Å². The summed E-state index contributed by atoms with van der Waals surface area (Å²) >= 11 is 11.7. The average molecular weight is 474 g/mol. The maximum atomic E-state index is 5.99. The van der Waals surface area contributed by atoms with Crippen molar-refractivity contribution in [3.63, 3.8) is 0 Å². The molecule has 0 bridgehead atoms. The molecule has 4 rings (SSSR count). The van der Waals surface area contributed by atoms with E-state index in [1.165, 1.54) is 0 Å². The summed E-state index contributed by atoms with van der Waals surface area (Å²) in [5, 5.41) is 0.650. The van der Waals surface area contributed by atoms with E-state index >= 15 is 0 Å². The Morgan fingerprint density at radius 1 is 0.906 bits per heavy atom. The Bertz CT molecular complexity index is 1180. The number of methoxy groups -OCH3 is 1. The largest absolute Gasteiger partial charge is 0.490 e. The molecule has 0 aliphatic rings. The minimum Gasteiger partial charge on any atom is -0.490 e. The first-order valence-electron chi connectivity index (χ1n) is 9.95. The van der Waals surface area contributed by atoms with E-state index in [1.807, 2.05) is 30.3 Å². The third-order valence-electron chi connectivity index (χ3n) is 4.47. The summed E-state index contributed by atoms with van der Waals surface area (Å²) in [7, 11) is 1.56. The van der Waals surface area contributed by atoms with E-state index in [1.54, 1.807) is 37.4 Å². The van der Waals surface area contributed by atoms with Gasteiger partial charge in [0.05, 0.1) is 6.61 Å². The lowest BCUT2D eigenvalue weighted by molar-refractivity contribution is 0.0486. The number of alkyl halides is 1. The lowest BCUT2D eigenvalue weighted by Crippen LogP contribution is -2.04. The summed E-state index contributed by atoms with van der Waals surface area (Å²) in [5.41, 5.74) is 2.07.